The normalized spacial score (nSPS) is 28.6. The van der Waals surface area contributed by atoms with Crippen LogP contribution in [0.15, 0.2) is 52.7 Å². The third-order valence-electron chi connectivity index (χ3n) is 11.4. The fourth-order valence-electron chi connectivity index (χ4n) is 8.89. The predicted octanol–water partition coefficient (Wildman–Crippen LogP) is 6.58. The molecule has 1 saturated heterocycles. The number of benzene rings is 1. The van der Waals surface area contributed by atoms with Crippen molar-refractivity contribution < 1.29 is 43.2 Å². The van der Waals surface area contributed by atoms with Crippen LogP contribution in [0.3, 0.4) is 0 Å². The van der Waals surface area contributed by atoms with E-state index >= 15 is 4.79 Å². The summed E-state index contributed by atoms with van der Waals surface area (Å²) in [7, 11) is 1.32. The van der Waals surface area contributed by atoms with Crippen molar-refractivity contribution >= 4 is 23.6 Å². The number of hydrogen-bond donors (Lipinski definition) is 2. The summed E-state index contributed by atoms with van der Waals surface area (Å²) in [4.78, 5) is 42.5. The molecule has 1 aromatic carbocycles. The molecular weight excluding hydrogens is 674 g/mol. The summed E-state index contributed by atoms with van der Waals surface area (Å²) >= 11 is 0. The van der Waals surface area contributed by atoms with Crippen molar-refractivity contribution in [2.24, 2.45) is 11.8 Å². The number of esters is 1. The SMILES string of the molecule is COC(=O)/C(C)=C\CC12OC(C)(C)C3CC(C=C4C(=O)c5c(OCCNCCO)c6c(c(CC=C(C)C)c5OC431)OC(C)(CCC=C(C)C)C=C6)C2=O. The van der Waals surface area contributed by atoms with E-state index in [0.717, 1.165) is 18.4 Å². The fraction of sp³-hybridized carbons (Fsp3) is 0.558. The van der Waals surface area contributed by atoms with Crippen LogP contribution in [0, 0.1) is 11.8 Å². The summed E-state index contributed by atoms with van der Waals surface area (Å²) in [6, 6.07) is 0. The minimum atomic E-state index is -1.57. The first kappa shape index (κ1) is 38.7. The lowest BCUT2D eigenvalue weighted by Crippen LogP contribution is -2.72. The summed E-state index contributed by atoms with van der Waals surface area (Å²) in [5.41, 5.74) is 0.169. The average molecular weight is 730 g/mol. The summed E-state index contributed by atoms with van der Waals surface area (Å²) in [5, 5.41) is 12.5. The highest BCUT2D eigenvalue weighted by atomic mass is 16.6. The number of hydrogen-bond acceptors (Lipinski definition) is 10. The molecule has 3 aliphatic heterocycles. The van der Waals surface area contributed by atoms with Gasteiger partial charge in [0, 0.05) is 48.1 Å². The van der Waals surface area contributed by atoms with Crippen LogP contribution in [0.1, 0.15) is 103 Å². The van der Waals surface area contributed by atoms with Crippen molar-refractivity contribution in [3.63, 3.8) is 0 Å². The van der Waals surface area contributed by atoms with Gasteiger partial charge in [-0.2, -0.15) is 0 Å². The zero-order chi connectivity index (χ0) is 38.5. The van der Waals surface area contributed by atoms with Gasteiger partial charge in [0.1, 0.15) is 35.0 Å². The number of carbonyl (C=O) groups excluding carboxylic acids is 3. The van der Waals surface area contributed by atoms with Gasteiger partial charge in [-0.05, 0) is 93.2 Å². The number of aliphatic hydroxyl groups is 1. The van der Waals surface area contributed by atoms with Crippen LogP contribution in [0.5, 0.6) is 17.2 Å². The highest BCUT2D eigenvalue weighted by Crippen LogP contribution is 2.68. The molecule has 0 aromatic heterocycles. The molecule has 2 N–H and O–H groups in total. The van der Waals surface area contributed by atoms with Gasteiger partial charge in [-0.1, -0.05) is 35.5 Å². The number of fused-ring (bicyclic) bond motifs is 2. The van der Waals surface area contributed by atoms with E-state index in [-0.39, 0.29) is 37.1 Å². The van der Waals surface area contributed by atoms with Crippen molar-refractivity contribution in [1.82, 2.24) is 5.32 Å². The van der Waals surface area contributed by atoms with Crippen LogP contribution in [-0.4, -0.2) is 78.5 Å². The van der Waals surface area contributed by atoms with E-state index in [1.54, 1.807) is 19.1 Å². The molecule has 10 nitrogen and oxygen atoms in total. The first-order valence-electron chi connectivity index (χ1n) is 18.8. The Morgan fingerprint density at radius 1 is 1.02 bits per heavy atom. The van der Waals surface area contributed by atoms with E-state index in [2.05, 4.69) is 38.2 Å². The monoisotopic (exact) mass is 729 g/mol. The second-order valence-electron chi connectivity index (χ2n) is 16.3. The standard InChI is InChI=1S/C43H55NO9/c1-25(2)11-10-16-41(8)17-15-30-35(51-41)29(13-12-26(3)4)37-33(36(30)50-22-20-44-19-21-45)34(46)31-23-28-24-32-40(6,7)53-42(38(28)47,43(31,32)52-37)18-14-27(5)39(48)49-9/h11-12,14-15,17,23,28,32,44-45H,10,13,16,18-22,24H2,1-9H3/b27-14-. The van der Waals surface area contributed by atoms with Gasteiger partial charge >= 0.3 is 5.97 Å². The Balaban J connectivity index is 1.60. The highest BCUT2D eigenvalue weighted by Gasteiger charge is 2.81. The van der Waals surface area contributed by atoms with E-state index in [4.69, 9.17) is 23.7 Å². The first-order chi connectivity index (χ1) is 25.1. The van der Waals surface area contributed by atoms with Crippen molar-refractivity contribution in [2.45, 2.75) is 110 Å². The molecule has 7 rings (SSSR count). The Morgan fingerprint density at radius 3 is 2.43 bits per heavy atom. The van der Waals surface area contributed by atoms with Crippen molar-refractivity contribution in [3.8, 4) is 17.2 Å². The molecule has 2 fully saturated rings. The van der Waals surface area contributed by atoms with Crippen LogP contribution in [-0.2, 0) is 25.5 Å². The molecule has 3 heterocycles. The molecule has 10 heteroatoms. The van der Waals surface area contributed by atoms with Gasteiger partial charge in [-0.3, -0.25) is 9.59 Å². The highest BCUT2D eigenvalue weighted by molar-refractivity contribution is 6.19. The van der Waals surface area contributed by atoms with Crippen LogP contribution < -0.4 is 19.5 Å². The number of rotatable bonds is 14. The number of aliphatic hydroxyl groups excluding tert-OH is 1. The van der Waals surface area contributed by atoms with E-state index in [0.29, 0.717) is 71.0 Å². The Morgan fingerprint density at radius 2 is 1.75 bits per heavy atom. The third kappa shape index (κ3) is 6.40. The number of ketones is 2. The van der Waals surface area contributed by atoms with Gasteiger partial charge in [0.25, 0.3) is 0 Å². The molecule has 3 aliphatic carbocycles. The quantitative estimate of drug-likeness (QED) is 0.0938. The molecule has 1 aromatic rings. The van der Waals surface area contributed by atoms with Gasteiger partial charge in [0.05, 0.1) is 24.9 Å². The lowest BCUT2D eigenvalue weighted by Gasteiger charge is -2.56. The predicted molar refractivity (Wildman–Crippen MR) is 202 cm³/mol. The van der Waals surface area contributed by atoms with E-state index < -0.39 is 34.3 Å². The molecule has 53 heavy (non-hydrogen) atoms. The van der Waals surface area contributed by atoms with E-state index in [9.17, 15) is 14.7 Å². The second kappa shape index (κ2) is 14.3. The molecule has 286 valence electrons. The maximum absolute atomic E-state index is 15.4. The fourth-order valence-corrected chi connectivity index (χ4v) is 8.89. The zero-order valence-corrected chi connectivity index (χ0v) is 32.7. The molecule has 1 saturated carbocycles. The molecule has 1 spiro atoms. The molecule has 5 atom stereocenters. The van der Waals surface area contributed by atoms with Gasteiger partial charge < -0.3 is 34.1 Å². The molecule has 6 aliphatic rings. The number of nitrogens with one attached hydrogen (secondary N) is 1. The van der Waals surface area contributed by atoms with Gasteiger partial charge in [-0.25, -0.2) is 4.79 Å². The largest absolute Gasteiger partial charge is 0.491 e. The summed E-state index contributed by atoms with van der Waals surface area (Å²) in [5.74, 6) is -0.562. The average Bonchev–Trinajstić information content (AvgIpc) is 3.26. The second-order valence-corrected chi connectivity index (χ2v) is 16.3. The Hall–Kier alpha value is -3.99. The molecule has 5 unspecified atom stereocenters. The third-order valence-corrected chi connectivity index (χ3v) is 11.4. The van der Waals surface area contributed by atoms with Crippen LogP contribution >= 0.6 is 0 Å². The lowest BCUT2D eigenvalue weighted by molar-refractivity contribution is -0.171. The Bertz CT molecular complexity index is 1860. The number of Topliss-reactive ketones (excluding diaryl/α,β-unsaturated/α-hetero) is 2. The van der Waals surface area contributed by atoms with Crippen molar-refractivity contribution in [1.29, 1.82) is 0 Å². The van der Waals surface area contributed by atoms with Crippen molar-refractivity contribution in [2.75, 3.05) is 33.4 Å². The number of allylic oxidation sites excluding steroid dienone is 5. The molecule has 0 radical (unpaired) electrons. The van der Waals surface area contributed by atoms with Crippen molar-refractivity contribution in [3.05, 3.63) is 69.4 Å². The zero-order valence-electron chi connectivity index (χ0n) is 32.7. The number of methoxy groups -OCH3 is 1. The lowest BCUT2D eigenvalue weighted by atomic mass is 9.51. The Labute approximate surface area is 313 Å². The minimum absolute atomic E-state index is 0.0100. The van der Waals surface area contributed by atoms with E-state index in [1.807, 2.05) is 39.8 Å². The van der Waals surface area contributed by atoms with Crippen LogP contribution in [0.2, 0.25) is 0 Å². The maximum Gasteiger partial charge on any atom is 0.333 e. The smallest absolute Gasteiger partial charge is 0.333 e. The summed E-state index contributed by atoms with van der Waals surface area (Å²) in [6.45, 7) is 16.9. The van der Waals surface area contributed by atoms with E-state index in [1.165, 1.54) is 12.7 Å². The van der Waals surface area contributed by atoms with Crippen LogP contribution in [0.4, 0.5) is 0 Å². The van der Waals surface area contributed by atoms with Crippen LogP contribution in [0.25, 0.3) is 6.08 Å². The molecule has 0 amide bonds. The molecular formula is C43H55NO9. The minimum Gasteiger partial charge on any atom is -0.491 e. The first-order valence-corrected chi connectivity index (χ1v) is 18.8. The number of carbonyl (C=O) groups is 3. The maximum atomic E-state index is 15.4. The topological polar surface area (TPSA) is 130 Å². The van der Waals surface area contributed by atoms with Gasteiger partial charge in [-0.15, -0.1) is 0 Å². The van der Waals surface area contributed by atoms with Gasteiger partial charge in [0.2, 0.25) is 0 Å². The van der Waals surface area contributed by atoms with Gasteiger partial charge in [0.15, 0.2) is 22.8 Å². The summed E-state index contributed by atoms with van der Waals surface area (Å²) < 4.78 is 32.8. The molecule has 4 bridgehead atoms. The Kier molecular flexibility index (Phi) is 10.5. The summed E-state index contributed by atoms with van der Waals surface area (Å²) in [6.07, 6.45) is 14.2. The number of ether oxygens (including phenoxy) is 5.